The summed E-state index contributed by atoms with van der Waals surface area (Å²) in [7, 11) is 0. The number of halogens is 6. The third-order valence-electron chi connectivity index (χ3n) is 10.1. The van der Waals surface area contributed by atoms with Gasteiger partial charge in [0, 0.05) is 13.8 Å². The van der Waals surface area contributed by atoms with Crippen molar-refractivity contribution in [1.82, 2.24) is 0 Å². The molecule has 4 nitrogen and oxygen atoms in total. The van der Waals surface area contributed by atoms with Crippen LogP contribution in [0.1, 0.15) is 91.4 Å². The molecule has 0 aliphatic heterocycles. The van der Waals surface area contributed by atoms with Crippen LogP contribution in [0.3, 0.4) is 0 Å². The summed E-state index contributed by atoms with van der Waals surface area (Å²) in [6.45, 7) is 8.32. The van der Waals surface area contributed by atoms with E-state index in [1.165, 1.54) is 12.5 Å². The maximum absolute atomic E-state index is 13.7. The summed E-state index contributed by atoms with van der Waals surface area (Å²) in [5.41, 5.74) is -1.95. The zero-order valence-electron chi connectivity index (χ0n) is 24.4. The number of fused-ring (bicyclic) bond motifs is 1. The number of carbonyl (C=O) groups excluding carboxylic acids is 2. The Balaban J connectivity index is 1.54. The van der Waals surface area contributed by atoms with E-state index < -0.39 is 23.9 Å². The Morgan fingerprint density at radius 1 is 0.929 bits per heavy atom. The van der Waals surface area contributed by atoms with Crippen LogP contribution in [0.2, 0.25) is 0 Å². The van der Waals surface area contributed by atoms with Gasteiger partial charge in [0.15, 0.2) is 0 Å². The van der Waals surface area contributed by atoms with Crippen LogP contribution in [-0.4, -0.2) is 36.0 Å². The predicted molar refractivity (Wildman–Crippen MR) is 145 cm³/mol. The second kappa shape index (κ2) is 11.5. The zero-order valence-corrected chi connectivity index (χ0v) is 24.4. The van der Waals surface area contributed by atoms with Crippen LogP contribution >= 0.6 is 0 Å². The van der Waals surface area contributed by atoms with Gasteiger partial charge in [-0.2, -0.15) is 26.3 Å². The molecule has 4 aliphatic carbocycles. The fourth-order valence-electron chi connectivity index (χ4n) is 8.03. The van der Waals surface area contributed by atoms with Gasteiger partial charge in [0.25, 0.3) is 0 Å². The molecule has 4 fully saturated rings. The fourth-order valence-corrected chi connectivity index (χ4v) is 8.03. The predicted octanol–water partition coefficient (Wildman–Crippen LogP) is 8.88. The SMILES string of the molecule is C=C1/C(=C\C=C2/CCC[C@@]3(C)C2CC[C@@H]3C2(C/C=C/C(OC(C)=O)(C(F)(F)F)C(F)(F)F)CC2)CCC[C@@H]1OC(C)=O. The van der Waals surface area contributed by atoms with Crippen molar-refractivity contribution in [1.29, 1.82) is 0 Å². The van der Waals surface area contributed by atoms with E-state index in [1.54, 1.807) is 0 Å². The lowest BCUT2D eigenvalue weighted by Crippen LogP contribution is -2.58. The normalized spacial score (nSPS) is 31.8. The van der Waals surface area contributed by atoms with Crippen LogP contribution in [0.15, 0.2) is 47.6 Å². The van der Waals surface area contributed by atoms with E-state index in [9.17, 15) is 35.9 Å². The molecule has 4 atom stereocenters. The minimum absolute atomic E-state index is 0.00174. The molecule has 0 amide bonds. The maximum Gasteiger partial charge on any atom is 0.441 e. The number of hydrogen-bond acceptors (Lipinski definition) is 4. The second-order valence-corrected chi connectivity index (χ2v) is 12.8. The molecule has 0 aromatic heterocycles. The van der Waals surface area contributed by atoms with Gasteiger partial charge in [-0.25, -0.2) is 0 Å². The first-order valence-corrected chi connectivity index (χ1v) is 14.7. The number of rotatable bonds is 7. The molecule has 0 aromatic rings. The average molecular weight is 603 g/mol. The number of alkyl halides is 6. The second-order valence-electron chi connectivity index (χ2n) is 12.8. The highest BCUT2D eigenvalue weighted by molar-refractivity contribution is 5.67. The van der Waals surface area contributed by atoms with Gasteiger partial charge in [0.2, 0.25) is 0 Å². The van der Waals surface area contributed by atoms with Gasteiger partial charge in [0.1, 0.15) is 6.10 Å². The molecule has 234 valence electrons. The van der Waals surface area contributed by atoms with E-state index in [4.69, 9.17) is 4.74 Å². The molecule has 0 bridgehead atoms. The van der Waals surface area contributed by atoms with Crippen molar-refractivity contribution in [2.75, 3.05) is 0 Å². The molecule has 4 saturated carbocycles. The van der Waals surface area contributed by atoms with E-state index >= 15 is 0 Å². The van der Waals surface area contributed by atoms with Crippen molar-refractivity contribution < 1.29 is 45.4 Å². The monoisotopic (exact) mass is 602 g/mol. The first-order valence-electron chi connectivity index (χ1n) is 14.7. The van der Waals surface area contributed by atoms with Gasteiger partial charge < -0.3 is 9.47 Å². The quantitative estimate of drug-likeness (QED) is 0.166. The molecule has 10 heteroatoms. The van der Waals surface area contributed by atoms with Crippen molar-refractivity contribution in [3.63, 3.8) is 0 Å². The van der Waals surface area contributed by atoms with Crippen LogP contribution in [-0.2, 0) is 19.1 Å². The number of esters is 2. The molecule has 4 aliphatic rings. The van der Waals surface area contributed by atoms with Crippen LogP contribution < -0.4 is 0 Å². The lowest BCUT2D eigenvalue weighted by molar-refractivity contribution is -0.350. The third kappa shape index (κ3) is 6.09. The summed E-state index contributed by atoms with van der Waals surface area (Å²) in [4.78, 5) is 22.8. The van der Waals surface area contributed by atoms with Crippen molar-refractivity contribution >= 4 is 11.9 Å². The summed E-state index contributed by atoms with van der Waals surface area (Å²) >= 11 is 0. The van der Waals surface area contributed by atoms with Crippen LogP contribution in [0, 0.1) is 22.7 Å². The summed E-state index contributed by atoms with van der Waals surface area (Å²) < 4.78 is 91.7. The number of allylic oxidation sites excluding steroid dienone is 4. The molecular formula is C32H40F6O4. The number of carbonyl (C=O) groups is 2. The van der Waals surface area contributed by atoms with Gasteiger partial charge in [-0.3, -0.25) is 9.59 Å². The molecule has 0 aromatic carbocycles. The summed E-state index contributed by atoms with van der Waals surface area (Å²) in [6.07, 6.45) is 1.83. The highest BCUT2D eigenvalue weighted by Crippen LogP contribution is 2.70. The zero-order chi connectivity index (χ0) is 31.1. The highest BCUT2D eigenvalue weighted by atomic mass is 19.4. The van der Waals surface area contributed by atoms with Crippen molar-refractivity contribution in [2.24, 2.45) is 22.7 Å². The van der Waals surface area contributed by atoms with Crippen LogP contribution in [0.25, 0.3) is 0 Å². The molecule has 0 N–H and O–H groups in total. The van der Waals surface area contributed by atoms with Crippen LogP contribution in [0.5, 0.6) is 0 Å². The average Bonchev–Trinajstić information content (AvgIpc) is 3.54. The summed E-state index contributed by atoms with van der Waals surface area (Å²) in [6, 6.07) is 0. The summed E-state index contributed by atoms with van der Waals surface area (Å²) in [5, 5.41) is 0. The lowest BCUT2D eigenvalue weighted by Gasteiger charge is -2.45. The molecule has 1 unspecified atom stereocenters. The largest absolute Gasteiger partial charge is 0.458 e. The molecule has 4 rings (SSSR count). The molecule has 0 saturated heterocycles. The summed E-state index contributed by atoms with van der Waals surface area (Å²) in [5.74, 6) is -1.55. The van der Waals surface area contributed by atoms with E-state index in [0.29, 0.717) is 6.92 Å². The first kappa shape index (κ1) is 32.4. The molecule has 0 spiro atoms. The third-order valence-corrected chi connectivity index (χ3v) is 10.1. The minimum atomic E-state index is -5.85. The van der Waals surface area contributed by atoms with Gasteiger partial charge in [-0.05, 0) is 111 Å². The Bertz CT molecular complexity index is 1160. The molecular weight excluding hydrogens is 562 g/mol. The smallest absolute Gasteiger partial charge is 0.441 e. The van der Waals surface area contributed by atoms with E-state index in [0.717, 1.165) is 81.4 Å². The van der Waals surface area contributed by atoms with Crippen molar-refractivity contribution in [3.05, 3.63) is 47.6 Å². The first-order chi connectivity index (χ1) is 19.5. The molecule has 0 radical (unpaired) electrons. The van der Waals surface area contributed by atoms with E-state index in [1.807, 2.05) is 0 Å². The maximum atomic E-state index is 13.7. The Kier molecular flexibility index (Phi) is 8.89. The Morgan fingerprint density at radius 3 is 2.17 bits per heavy atom. The van der Waals surface area contributed by atoms with Gasteiger partial charge in [-0.1, -0.05) is 37.3 Å². The van der Waals surface area contributed by atoms with Gasteiger partial charge >= 0.3 is 29.9 Å². The van der Waals surface area contributed by atoms with Crippen LogP contribution in [0.4, 0.5) is 26.3 Å². The Hall–Kier alpha value is -2.52. The van der Waals surface area contributed by atoms with Gasteiger partial charge in [0.05, 0.1) is 0 Å². The van der Waals surface area contributed by atoms with E-state index in [2.05, 4.69) is 30.4 Å². The lowest BCUT2D eigenvalue weighted by atomic mass is 9.59. The minimum Gasteiger partial charge on any atom is -0.458 e. The number of ether oxygens (including phenoxy) is 2. The fraction of sp³-hybridized carbons (Fsp3) is 0.688. The standard InChI is InChI=1S/C32H40F6O4/c1-20-23(8-5-10-26(20)41-21(2)39)11-12-24-9-6-15-28(4)25(24)13-14-27(28)29(18-19-29)16-7-17-30(31(33,34)35,32(36,37)38)42-22(3)40/h7,11-12,17,25-27H,1,5-6,8-10,13-16,18-19H2,2-4H3/b17-7+,23-11-,24-12+/t25?,26-,27-,28-/m0/s1. The van der Waals surface area contributed by atoms with Crippen molar-refractivity contribution in [2.45, 2.75) is 115 Å². The van der Waals surface area contributed by atoms with Crippen molar-refractivity contribution in [3.8, 4) is 0 Å². The van der Waals surface area contributed by atoms with Gasteiger partial charge in [-0.15, -0.1) is 0 Å². The molecule has 42 heavy (non-hydrogen) atoms. The van der Waals surface area contributed by atoms with E-state index in [-0.39, 0.29) is 47.2 Å². The molecule has 0 heterocycles. The topological polar surface area (TPSA) is 52.6 Å². The highest BCUT2D eigenvalue weighted by Gasteiger charge is 2.73. The Morgan fingerprint density at radius 2 is 1.60 bits per heavy atom. The Labute approximate surface area is 243 Å². The number of hydrogen-bond donors (Lipinski definition) is 0.